The first kappa shape index (κ1) is 8.63. The van der Waals surface area contributed by atoms with E-state index in [2.05, 4.69) is 32.3 Å². The third-order valence-electron chi connectivity index (χ3n) is 2.72. The Morgan fingerprint density at radius 3 is 2.55 bits per heavy atom. The molecule has 0 aliphatic carbocycles. The molecule has 0 N–H and O–H groups in total. The monoisotopic (exact) mass is 153 g/mol. The summed E-state index contributed by atoms with van der Waals surface area (Å²) in [6, 6.07) is 0. The molecule has 1 unspecified atom stereocenters. The van der Waals surface area contributed by atoms with E-state index in [4.69, 9.17) is 0 Å². The van der Waals surface area contributed by atoms with E-state index < -0.39 is 0 Å². The second kappa shape index (κ2) is 3.29. The highest BCUT2D eigenvalue weighted by atomic mass is 15.2. The van der Waals surface area contributed by atoms with E-state index >= 15 is 0 Å². The summed E-state index contributed by atoms with van der Waals surface area (Å²) in [6.07, 6.45) is 1.21. The smallest absolute Gasteiger partial charge is 0.0209 e. The van der Waals surface area contributed by atoms with Gasteiger partial charge in [0.2, 0.25) is 0 Å². The lowest BCUT2D eigenvalue weighted by Gasteiger charge is -2.17. The van der Waals surface area contributed by atoms with Crippen molar-refractivity contribution in [1.29, 1.82) is 0 Å². The summed E-state index contributed by atoms with van der Waals surface area (Å²) >= 11 is 0. The average Bonchev–Trinajstić information content (AvgIpc) is 2.31. The Morgan fingerprint density at radius 2 is 2.27 bits per heavy atom. The topological polar surface area (TPSA) is 3.24 Å². The Morgan fingerprint density at radius 1 is 1.64 bits per heavy atom. The molecule has 1 heteroatoms. The Hall–Kier alpha value is -0.460. The molecule has 1 rings (SSSR count). The molecule has 0 saturated carbocycles. The molecule has 1 fully saturated rings. The normalized spacial score (nSPS) is 25.3. The molecule has 1 atom stereocenters. The van der Waals surface area contributed by atoms with Crippen LogP contribution in [-0.4, -0.2) is 18.0 Å². The van der Waals surface area contributed by atoms with Gasteiger partial charge in [0.05, 0.1) is 0 Å². The minimum atomic E-state index is 0.809. The lowest BCUT2D eigenvalue weighted by molar-refractivity contribution is 0.336. The molecule has 0 spiro atoms. The third-order valence-corrected chi connectivity index (χ3v) is 2.72. The van der Waals surface area contributed by atoms with Crippen molar-refractivity contribution < 1.29 is 0 Å². The van der Waals surface area contributed by atoms with Crippen molar-refractivity contribution in [2.24, 2.45) is 11.8 Å². The summed E-state index contributed by atoms with van der Waals surface area (Å²) in [5.74, 6) is 1.66. The van der Waals surface area contributed by atoms with Crippen molar-refractivity contribution >= 4 is 0 Å². The van der Waals surface area contributed by atoms with E-state index in [1.807, 2.05) is 0 Å². The van der Waals surface area contributed by atoms with E-state index in [0.717, 1.165) is 18.4 Å². The van der Waals surface area contributed by atoms with Crippen molar-refractivity contribution in [3.8, 4) is 0 Å². The average molecular weight is 153 g/mol. The van der Waals surface area contributed by atoms with Crippen molar-refractivity contribution in [1.82, 2.24) is 4.90 Å². The van der Waals surface area contributed by atoms with Crippen LogP contribution in [0.25, 0.3) is 0 Å². The van der Waals surface area contributed by atoms with Gasteiger partial charge < -0.3 is 4.90 Å². The van der Waals surface area contributed by atoms with Crippen molar-refractivity contribution in [2.45, 2.75) is 27.2 Å². The Balaban J connectivity index is 2.49. The van der Waals surface area contributed by atoms with Crippen LogP contribution in [-0.2, 0) is 0 Å². The van der Waals surface area contributed by atoms with Crippen LogP contribution < -0.4 is 0 Å². The van der Waals surface area contributed by atoms with Gasteiger partial charge in [-0.05, 0) is 25.2 Å². The van der Waals surface area contributed by atoms with Crippen LogP contribution in [0.2, 0.25) is 0 Å². The number of allylic oxidation sites excluding steroid dienone is 1. The minimum Gasteiger partial charge on any atom is -0.375 e. The molecule has 1 nitrogen and oxygen atoms in total. The number of likely N-dealkylation sites (tertiary alicyclic amines) is 1. The SMILES string of the molecule is C=C1CC(C(C)C)CN1CC. The number of hydrogen-bond acceptors (Lipinski definition) is 1. The van der Waals surface area contributed by atoms with Gasteiger partial charge >= 0.3 is 0 Å². The zero-order valence-electron chi connectivity index (χ0n) is 7.93. The van der Waals surface area contributed by atoms with Gasteiger partial charge in [0.25, 0.3) is 0 Å². The van der Waals surface area contributed by atoms with E-state index in [9.17, 15) is 0 Å². The predicted octanol–water partition coefficient (Wildman–Crippen LogP) is 2.50. The van der Waals surface area contributed by atoms with E-state index in [1.165, 1.54) is 18.7 Å². The molecule has 0 aromatic heterocycles. The molecule has 0 aromatic carbocycles. The summed E-state index contributed by atoms with van der Waals surface area (Å²) in [5, 5.41) is 0. The minimum absolute atomic E-state index is 0.809. The van der Waals surface area contributed by atoms with Crippen LogP contribution in [0.4, 0.5) is 0 Å². The number of nitrogens with zero attached hydrogens (tertiary/aromatic N) is 1. The highest BCUT2D eigenvalue weighted by Crippen LogP contribution is 2.29. The van der Waals surface area contributed by atoms with Gasteiger partial charge in [-0.3, -0.25) is 0 Å². The molecule has 0 aromatic rings. The summed E-state index contributed by atoms with van der Waals surface area (Å²) in [7, 11) is 0. The van der Waals surface area contributed by atoms with Crippen LogP contribution in [0.5, 0.6) is 0 Å². The van der Waals surface area contributed by atoms with Crippen molar-refractivity contribution in [2.75, 3.05) is 13.1 Å². The van der Waals surface area contributed by atoms with Gasteiger partial charge in [0, 0.05) is 18.8 Å². The second-order valence-corrected chi connectivity index (χ2v) is 3.81. The maximum atomic E-state index is 4.06. The number of hydrogen-bond donors (Lipinski definition) is 0. The van der Waals surface area contributed by atoms with Crippen LogP contribution >= 0.6 is 0 Å². The maximum absolute atomic E-state index is 4.06. The highest BCUT2D eigenvalue weighted by molar-refractivity contribution is 5.02. The molecule has 1 aliphatic heterocycles. The van der Waals surface area contributed by atoms with E-state index in [0.29, 0.717) is 0 Å². The molecule has 0 radical (unpaired) electrons. The predicted molar refractivity (Wildman–Crippen MR) is 49.3 cm³/mol. The summed E-state index contributed by atoms with van der Waals surface area (Å²) < 4.78 is 0. The van der Waals surface area contributed by atoms with Crippen LogP contribution in [0.1, 0.15) is 27.2 Å². The first-order valence-corrected chi connectivity index (χ1v) is 4.57. The lowest BCUT2D eigenvalue weighted by atomic mass is 9.95. The standard InChI is InChI=1S/C10H19N/c1-5-11-7-10(8(2)3)6-9(11)4/h8,10H,4-7H2,1-3H3. The van der Waals surface area contributed by atoms with Gasteiger partial charge in [-0.1, -0.05) is 20.4 Å². The lowest BCUT2D eigenvalue weighted by Crippen LogP contribution is -2.20. The Labute approximate surface area is 70.1 Å². The summed E-state index contributed by atoms with van der Waals surface area (Å²) in [6.45, 7) is 13.2. The van der Waals surface area contributed by atoms with Crippen LogP contribution in [0.3, 0.4) is 0 Å². The van der Waals surface area contributed by atoms with Crippen LogP contribution in [0, 0.1) is 11.8 Å². The van der Waals surface area contributed by atoms with Gasteiger partial charge in [-0.2, -0.15) is 0 Å². The summed E-state index contributed by atoms with van der Waals surface area (Å²) in [4.78, 5) is 2.39. The molecule has 11 heavy (non-hydrogen) atoms. The fraction of sp³-hybridized carbons (Fsp3) is 0.800. The van der Waals surface area contributed by atoms with Gasteiger partial charge in [-0.15, -0.1) is 0 Å². The largest absolute Gasteiger partial charge is 0.375 e. The first-order chi connectivity index (χ1) is 5.15. The molecule has 1 saturated heterocycles. The molecule has 64 valence electrons. The van der Waals surface area contributed by atoms with Crippen LogP contribution in [0.15, 0.2) is 12.3 Å². The fourth-order valence-electron chi connectivity index (χ4n) is 1.71. The molecular formula is C10H19N. The summed E-state index contributed by atoms with van der Waals surface area (Å²) in [5.41, 5.74) is 1.34. The molecule has 1 heterocycles. The Kier molecular flexibility index (Phi) is 2.58. The molecule has 1 aliphatic rings. The third kappa shape index (κ3) is 1.76. The van der Waals surface area contributed by atoms with Crippen molar-refractivity contribution in [3.63, 3.8) is 0 Å². The highest BCUT2D eigenvalue weighted by Gasteiger charge is 2.25. The second-order valence-electron chi connectivity index (χ2n) is 3.81. The maximum Gasteiger partial charge on any atom is 0.0209 e. The molecule has 0 amide bonds. The van der Waals surface area contributed by atoms with Gasteiger partial charge in [0.1, 0.15) is 0 Å². The Bertz CT molecular complexity index is 149. The molecular weight excluding hydrogens is 134 g/mol. The first-order valence-electron chi connectivity index (χ1n) is 4.57. The fourth-order valence-corrected chi connectivity index (χ4v) is 1.71. The zero-order chi connectivity index (χ0) is 8.43. The zero-order valence-corrected chi connectivity index (χ0v) is 7.93. The van der Waals surface area contributed by atoms with E-state index in [-0.39, 0.29) is 0 Å². The van der Waals surface area contributed by atoms with Gasteiger partial charge in [-0.25, -0.2) is 0 Å². The van der Waals surface area contributed by atoms with Crippen molar-refractivity contribution in [3.05, 3.63) is 12.3 Å². The van der Waals surface area contributed by atoms with Gasteiger partial charge in [0.15, 0.2) is 0 Å². The number of rotatable bonds is 2. The van der Waals surface area contributed by atoms with E-state index in [1.54, 1.807) is 0 Å². The molecule has 0 bridgehead atoms. The quantitative estimate of drug-likeness (QED) is 0.589.